The second-order valence-corrected chi connectivity index (χ2v) is 7.46. The minimum absolute atomic E-state index is 0.0354. The Bertz CT molecular complexity index is 405. The highest BCUT2D eigenvalue weighted by Crippen LogP contribution is 2.22. The lowest BCUT2D eigenvalue weighted by molar-refractivity contribution is -0.132. The number of carboxylic acid groups (broad SMARTS) is 1. The van der Waals surface area contributed by atoms with Crippen LogP contribution in [0.4, 0.5) is 0 Å². The van der Waals surface area contributed by atoms with Gasteiger partial charge in [0, 0.05) is 35.9 Å². The molecule has 0 saturated carbocycles. The van der Waals surface area contributed by atoms with Gasteiger partial charge in [-0.3, -0.25) is 4.90 Å². The normalized spacial score (nSPS) is 22.3. The lowest BCUT2D eigenvalue weighted by Gasteiger charge is -2.34. The number of sulfone groups is 1. The Hall–Kier alpha value is -0.530. The topological polar surface area (TPSA) is 74.7 Å². The van der Waals surface area contributed by atoms with Crippen LogP contribution in [-0.2, 0) is 14.6 Å². The quantitative estimate of drug-likeness (QED) is 0.736. The van der Waals surface area contributed by atoms with Crippen LogP contribution in [-0.4, -0.2) is 60.1 Å². The number of rotatable bonds is 5. The van der Waals surface area contributed by atoms with Crippen LogP contribution >= 0.6 is 11.8 Å². The van der Waals surface area contributed by atoms with Crippen molar-refractivity contribution in [3.8, 4) is 0 Å². The molecule has 0 amide bonds. The van der Waals surface area contributed by atoms with Crippen LogP contribution < -0.4 is 0 Å². The maximum absolute atomic E-state index is 11.9. The van der Waals surface area contributed by atoms with Gasteiger partial charge >= 0.3 is 5.97 Å². The number of nitrogens with zero attached hydrogens (tertiary/aromatic N) is 1. The molecule has 5 nitrogen and oxygen atoms in total. The van der Waals surface area contributed by atoms with Gasteiger partial charge in [0.15, 0.2) is 9.84 Å². The van der Waals surface area contributed by atoms with E-state index in [9.17, 15) is 13.2 Å². The molecule has 0 bridgehead atoms. The number of carboxylic acids is 1. The van der Waals surface area contributed by atoms with E-state index in [-0.39, 0.29) is 17.9 Å². The van der Waals surface area contributed by atoms with Crippen molar-refractivity contribution in [1.82, 2.24) is 4.90 Å². The number of aliphatic carboxylic acids is 1. The Balaban J connectivity index is 2.80. The van der Waals surface area contributed by atoms with Crippen molar-refractivity contribution in [2.75, 3.05) is 30.3 Å². The van der Waals surface area contributed by atoms with Crippen LogP contribution in [0.1, 0.15) is 6.92 Å². The summed E-state index contributed by atoms with van der Waals surface area (Å²) in [5.41, 5.74) is 0.0354. The SMILES string of the molecule is C=C(CN1CCSCC1S(=O)(=O)CC)C(=O)O. The van der Waals surface area contributed by atoms with Gasteiger partial charge in [-0.15, -0.1) is 0 Å². The first-order valence-electron chi connectivity index (χ1n) is 5.33. The molecule has 0 aromatic heterocycles. The summed E-state index contributed by atoms with van der Waals surface area (Å²) in [6.45, 7) is 5.75. The highest BCUT2D eigenvalue weighted by molar-refractivity contribution is 8.01. The number of thioether (sulfide) groups is 1. The van der Waals surface area contributed by atoms with Crippen LogP contribution in [0.15, 0.2) is 12.2 Å². The average molecular weight is 279 g/mol. The molecule has 7 heteroatoms. The summed E-state index contributed by atoms with van der Waals surface area (Å²) < 4.78 is 23.8. The van der Waals surface area contributed by atoms with Crippen LogP contribution in [0.5, 0.6) is 0 Å². The second kappa shape index (κ2) is 5.88. The van der Waals surface area contributed by atoms with Crippen molar-refractivity contribution in [3.63, 3.8) is 0 Å². The van der Waals surface area contributed by atoms with E-state index in [1.807, 2.05) is 0 Å². The standard InChI is InChI=1S/C10H17NO4S2/c1-3-17(14,15)9-7-16-5-4-11(9)6-8(2)10(12)13/h9H,2-7H2,1H3,(H,12,13). The van der Waals surface area contributed by atoms with E-state index in [4.69, 9.17) is 5.11 Å². The van der Waals surface area contributed by atoms with Crippen LogP contribution in [0, 0.1) is 0 Å². The molecule has 17 heavy (non-hydrogen) atoms. The smallest absolute Gasteiger partial charge is 0.332 e. The molecule has 1 aliphatic rings. The summed E-state index contributed by atoms with van der Waals surface area (Å²) in [6, 6.07) is 0. The monoisotopic (exact) mass is 279 g/mol. The van der Waals surface area contributed by atoms with E-state index in [0.717, 1.165) is 5.75 Å². The van der Waals surface area contributed by atoms with Crippen LogP contribution in [0.2, 0.25) is 0 Å². The molecule has 0 aliphatic carbocycles. The summed E-state index contributed by atoms with van der Waals surface area (Å²) in [4.78, 5) is 12.4. The highest BCUT2D eigenvalue weighted by atomic mass is 32.2. The predicted octanol–water partition coefficient (Wildman–Crippen LogP) is 0.437. The van der Waals surface area contributed by atoms with E-state index >= 15 is 0 Å². The molecule has 1 saturated heterocycles. The fraction of sp³-hybridized carbons (Fsp3) is 0.700. The van der Waals surface area contributed by atoms with Gasteiger partial charge < -0.3 is 5.11 Å². The molecule has 0 spiro atoms. The molecule has 0 aromatic rings. The number of hydrogen-bond donors (Lipinski definition) is 1. The summed E-state index contributed by atoms with van der Waals surface area (Å²) in [5.74, 6) is 0.329. The molecule has 1 aliphatic heterocycles. The van der Waals surface area contributed by atoms with Crippen molar-refractivity contribution in [1.29, 1.82) is 0 Å². The van der Waals surface area contributed by atoms with Crippen molar-refractivity contribution >= 4 is 27.6 Å². The van der Waals surface area contributed by atoms with Gasteiger partial charge in [-0.1, -0.05) is 13.5 Å². The summed E-state index contributed by atoms with van der Waals surface area (Å²) in [6.07, 6.45) is 0. The van der Waals surface area contributed by atoms with Gasteiger partial charge in [0.2, 0.25) is 0 Å². The summed E-state index contributed by atoms with van der Waals surface area (Å²) >= 11 is 1.59. The fourth-order valence-corrected chi connectivity index (χ4v) is 4.71. The Kier molecular flexibility index (Phi) is 5.03. The largest absolute Gasteiger partial charge is 0.478 e. The maximum Gasteiger partial charge on any atom is 0.332 e. The lowest BCUT2D eigenvalue weighted by Crippen LogP contribution is -2.48. The zero-order chi connectivity index (χ0) is 13.1. The van der Waals surface area contributed by atoms with Crippen molar-refractivity contribution in [2.24, 2.45) is 0 Å². The van der Waals surface area contributed by atoms with Crippen molar-refractivity contribution < 1.29 is 18.3 Å². The Morgan fingerprint density at radius 2 is 2.24 bits per heavy atom. The highest BCUT2D eigenvalue weighted by Gasteiger charge is 2.33. The lowest BCUT2D eigenvalue weighted by atomic mass is 10.3. The molecular weight excluding hydrogens is 262 g/mol. The van der Waals surface area contributed by atoms with Crippen molar-refractivity contribution in [3.05, 3.63) is 12.2 Å². The van der Waals surface area contributed by atoms with Gasteiger partial charge in [-0.25, -0.2) is 13.2 Å². The maximum atomic E-state index is 11.9. The van der Waals surface area contributed by atoms with E-state index < -0.39 is 21.2 Å². The first kappa shape index (κ1) is 14.5. The Morgan fingerprint density at radius 3 is 2.76 bits per heavy atom. The molecule has 0 radical (unpaired) electrons. The van der Waals surface area contributed by atoms with Gasteiger partial charge in [-0.2, -0.15) is 11.8 Å². The van der Waals surface area contributed by atoms with E-state index in [0.29, 0.717) is 12.3 Å². The molecule has 98 valence electrons. The van der Waals surface area contributed by atoms with Crippen LogP contribution in [0.25, 0.3) is 0 Å². The molecule has 1 fully saturated rings. The third-order valence-electron chi connectivity index (χ3n) is 2.70. The van der Waals surface area contributed by atoms with E-state index in [1.165, 1.54) is 0 Å². The predicted molar refractivity (Wildman–Crippen MR) is 68.9 cm³/mol. The first-order chi connectivity index (χ1) is 7.88. The number of hydrogen-bond acceptors (Lipinski definition) is 5. The van der Waals surface area contributed by atoms with Gasteiger partial charge in [-0.05, 0) is 0 Å². The van der Waals surface area contributed by atoms with Gasteiger partial charge in [0.1, 0.15) is 5.37 Å². The molecule has 1 rings (SSSR count). The average Bonchev–Trinajstić information content (AvgIpc) is 2.29. The minimum Gasteiger partial charge on any atom is -0.478 e. The van der Waals surface area contributed by atoms with Crippen molar-refractivity contribution in [2.45, 2.75) is 12.3 Å². The third-order valence-corrected chi connectivity index (χ3v) is 6.04. The van der Waals surface area contributed by atoms with Gasteiger partial charge in [0.25, 0.3) is 0 Å². The van der Waals surface area contributed by atoms with Gasteiger partial charge in [0.05, 0.1) is 0 Å². The number of carbonyl (C=O) groups is 1. The summed E-state index contributed by atoms with van der Waals surface area (Å²) in [7, 11) is -3.17. The van der Waals surface area contributed by atoms with E-state index in [2.05, 4.69) is 6.58 Å². The van der Waals surface area contributed by atoms with E-state index in [1.54, 1.807) is 23.6 Å². The third kappa shape index (κ3) is 3.72. The first-order valence-corrected chi connectivity index (χ1v) is 8.20. The zero-order valence-electron chi connectivity index (χ0n) is 9.76. The fourth-order valence-electron chi connectivity index (χ4n) is 1.63. The molecule has 0 aromatic carbocycles. The molecular formula is C10H17NO4S2. The molecule has 1 heterocycles. The summed E-state index contributed by atoms with van der Waals surface area (Å²) in [5, 5.41) is 8.20. The minimum atomic E-state index is -3.17. The zero-order valence-corrected chi connectivity index (χ0v) is 11.4. The van der Waals surface area contributed by atoms with Crippen LogP contribution in [0.3, 0.4) is 0 Å². The molecule has 1 N–H and O–H groups in total. The second-order valence-electron chi connectivity index (χ2n) is 3.86. The Morgan fingerprint density at radius 1 is 1.59 bits per heavy atom. The molecule has 1 atom stereocenters. The molecule has 1 unspecified atom stereocenters. The Labute approximate surface area is 106 Å².